The third kappa shape index (κ3) is 6.56. The van der Waals surface area contributed by atoms with Crippen LogP contribution in [-0.2, 0) is 14.4 Å². The number of alkyl halides is 2. The summed E-state index contributed by atoms with van der Waals surface area (Å²) >= 11 is 6.54. The van der Waals surface area contributed by atoms with E-state index in [1.54, 1.807) is 24.3 Å². The molecule has 2 heterocycles. The largest absolute Gasteiger partial charge is 0.351 e. The van der Waals surface area contributed by atoms with Crippen molar-refractivity contribution in [2.75, 3.05) is 9.80 Å². The predicted octanol–water partition coefficient (Wildman–Crippen LogP) is 5.87. The Bertz CT molecular complexity index is 1430. The summed E-state index contributed by atoms with van der Waals surface area (Å²) in [5.41, 5.74) is 0.310. The first-order chi connectivity index (χ1) is 19.6. The quantitative estimate of drug-likeness (QED) is 0.365. The molecule has 1 aliphatic carbocycles. The Balaban J connectivity index is 0.00000405. The molecule has 1 saturated carbocycles. The van der Waals surface area contributed by atoms with E-state index in [0.717, 1.165) is 11.0 Å². The molecule has 0 bridgehead atoms. The van der Waals surface area contributed by atoms with Crippen molar-refractivity contribution in [2.45, 2.75) is 70.0 Å². The highest BCUT2D eigenvalue weighted by Gasteiger charge is 2.45. The van der Waals surface area contributed by atoms with Crippen molar-refractivity contribution in [3.63, 3.8) is 0 Å². The van der Waals surface area contributed by atoms with Crippen molar-refractivity contribution in [2.24, 2.45) is 0 Å². The summed E-state index contributed by atoms with van der Waals surface area (Å²) in [5, 5.41) is 2.99. The van der Waals surface area contributed by atoms with E-state index in [4.69, 9.17) is 11.6 Å². The van der Waals surface area contributed by atoms with Crippen LogP contribution < -0.4 is 15.1 Å². The SMILES string of the molecule is C.O=C(NC1CCC(F)(F)CC1)[C@H](c1ccccc1Cl)N(C(=O)[C@@H]1CCC(=O)N1c1cnccn1)c1cccc(F)c1. The summed E-state index contributed by atoms with van der Waals surface area (Å²) in [6.45, 7) is 0. The number of hydrogen-bond acceptors (Lipinski definition) is 5. The molecule has 8 nitrogen and oxygen atoms in total. The van der Waals surface area contributed by atoms with Crippen molar-refractivity contribution in [1.29, 1.82) is 0 Å². The number of benzene rings is 2. The van der Waals surface area contributed by atoms with Gasteiger partial charge in [0.25, 0.3) is 5.91 Å². The van der Waals surface area contributed by atoms with Crippen molar-refractivity contribution in [1.82, 2.24) is 15.3 Å². The number of carbonyl (C=O) groups excluding carboxylic acids is 3. The molecule has 5 rings (SSSR count). The number of nitrogens with zero attached hydrogens (tertiary/aromatic N) is 4. The number of aromatic nitrogens is 2. The summed E-state index contributed by atoms with van der Waals surface area (Å²) < 4.78 is 42.2. The van der Waals surface area contributed by atoms with E-state index < -0.39 is 41.7 Å². The second-order valence-corrected chi connectivity index (χ2v) is 10.5. The number of hydrogen-bond donors (Lipinski definition) is 1. The molecule has 2 fully saturated rings. The monoisotopic (exact) mass is 601 g/mol. The van der Waals surface area contributed by atoms with E-state index in [1.807, 2.05) is 0 Å². The van der Waals surface area contributed by atoms with E-state index in [9.17, 15) is 27.6 Å². The van der Waals surface area contributed by atoms with Crippen LogP contribution in [0.2, 0.25) is 5.02 Å². The molecule has 0 spiro atoms. The fraction of sp³-hybridized carbons (Fsp3) is 0.367. The Labute approximate surface area is 246 Å². The second kappa shape index (κ2) is 12.9. The van der Waals surface area contributed by atoms with Crippen LogP contribution in [0.4, 0.5) is 24.7 Å². The molecular formula is C30H31ClF3N5O3. The Kier molecular flexibility index (Phi) is 9.50. The summed E-state index contributed by atoms with van der Waals surface area (Å²) in [5.74, 6) is -4.98. The van der Waals surface area contributed by atoms with Gasteiger partial charge in [0, 0.05) is 54.0 Å². The molecule has 1 aromatic heterocycles. The van der Waals surface area contributed by atoms with Gasteiger partial charge in [-0.3, -0.25) is 29.2 Å². The van der Waals surface area contributed by atoms with Crippen LogP contribution in [0, 0.1) is 5.82 Å². The molecule has 2 aliphatic rings. The fourth-order valence-electron chi connectivity index (χ4n) is 5.37. The molecule has 222 valence electrons. The van der Waals surface area contributed by atoms with Gasteiger partial charge in [-0.05, 0) is 43.5 Å². The van der Waals surface area contributed by atoms with Gasteiger partial charge in [-0.15, -0.1) is 0 Å². The maximum atomic E-state index is 14.5. The minimum absolute atomic E-state index is 0. The lowest BCUT2D eigenvalue weighted by atomic mass is 9.91. The van der Waals surface area contributed by atoms with Crippen LogP contribution >= 0.6 is 11.6 Å². The van der Waals surface area contributed by atoms with Crippen molar-refractivity contribution in [3.05, 3.63) is 83.5 Å². The van der Waals surface area contributed by atoms with Crippen molar-refractivity contribution < 1.29 is 27.6 Å². The van der Waals surface area contributed by atoms with Crippen LogP contribution in [0.15, 0.2) is 67.1 Å². The molecule has 42 heavy (non-hydrogen) atoms. The molecule has 1 aliphatic heterocycles. The first kappa shape index (κ1) is 31.0. The standard InChI is InChI=1S/C29H27ClF3N5O3.CH4/c30-22-7-2-1-6-21(22)26(27(40)36-19-10-12-29(32,33)13-11-19)37(20-5-3-4-18(31)16-20)28(41)23-8-9-25(39)38(23)24-17-34-14-15-35-24;/h1-7,14-17,19,23,26H,8-13H2,(H,36,40);1H4/t23-,26-;/m0./s1. The third-order valence-corrected chi connectivity index (χ3v) is 7.73. The average Bonchev–Trinajstić information content (AvgIpc) is 3.34. The topological polar surface area (TPSA) is 95.5 Å². The molecular weight excluding hydrogens is 571 g/mol. The van der Waals surface area contributed by atoms with Crippen molar-refractivity contribution >= 4 is 40.8 Å². The number of nitrogens with one attached hydrogen (secondary N) is 1. The molecule has 0 unspecified atom stereocenters. The molecule has 2 aromatic carbocycles. The lowest BCUT2D eigenvalue weighted by Crippen LogP contribution is -2.53. The minimum Gasteiger partial charge on any atom is -0.351 e. The summed E-state index contributed by atoms with van der Waals surface area (Å²) in [7, 11) is 0. The summed E-state index contributed by atoms with van der Waals surface area (Å²) in [4.78, 5) is 51.9. The minimum atomic E-state index is -2.80. The maximum Gasteiger partial charge on any atom is 0.251 e. The van der Waals surface area contributed by atoms with Gasteiger partial charge >= 0.3 is 0 Å². The molecule has 3 amide bonds. The molecule has 1 N–H and O–H groups in total. The molecule has 0 radical (unpaired) electrons. The van der Waals surface area contributed by atoms with Gasteiger partial charge < -0.3 is 5.32 Å². The zero-order chi connectivity index (χ0) is 29.1. The third-order valence-electron chi connectivity index (χ3n) is 7.39. The Morgan fingerprint density at radius 3 is 2.48 bits per heavy atom. The van der Waals surface area contributed by atoms with Crippen LogP contribution in [0.5, 0.6) is 0 Å². The first-order valence-corrected chi connectivity index (χ1v) is 13.6. The highest BCUT2D eigenvalue weighted by molar-refractivity contribution is 6.31. The van der Waals surface area contributed by atoms with Gasteiger partial charge in [-0.2, -0.15) is 0 Å². The zero-order valence-electron chi connectivity index (χ0n) is 21.9. The zero-order valence-corrected chi connectivity index (χ0v) is 22.6. The number of halogens is 4. The highest BCUT2D eigenvalue weighted by atomic mass is 35.5. The van der Waals surface area contributed by atoms with Crippen LogP contribution in [-0.4, -0.2) is 45.7 Å². The van der Waals surface area contributed by atoms with Gasteiger partial charge in [0.2, 0.25) is 17.7 Å². The Hall–Kier alpha value is -3.99. The van der Waals surface area contributed by atoms with Gasteiger partial charge in [0.05, 0.1) is 6.20 Å². The Morgan fingerprint density at radius 2 is 1.81 bits per heavy atom. The van der Waals surface area contributed by atoms with Crippen LogP contribution in [0.3, 0.4) is 0 Å². The highest BCUT2D eigenvalue weighted by Crippen LogP contribution is 2.37. The lowest BCUT2D eigenvalue weighted by Gasteiger charge is -2.37. The van der Waals surface area contributed by atoms with Gasteiger partial charge in [0.1, 0.15) is 17.9 Å². The van der Waals surface area contributed by atoms with E-state index in [2.05, 4.69) is 15.3 Å². The van der Waals surface area contributed by atoms with Crippen molar-refractivity contribution in [3.8, 4) is 0 Å². The maximum absolute atomic E-state index is 14.5. The fourth-order valence-corrected chi connectivity index (χ4v) is 5.61. The predicted molar refractivity (Wildman–Crippen MR) is 153 cm³/mol. The van der Waals surface area contributed by atoms with Crippen LogP contribution in [0.25, 0.3) is 0 Å². The number of amides is 3. The average molecular weight is 602 g/mol. The van der Waals surface area contributed by atoms with Gasteiger partial charge in [0.15, 0.2) is 5.82 Å². The molecule has 2 atom stereocenters. The summed E-state index contributed by atoms with van der Waals surface area (Å²) in [6, 6.07) is 8.57. The molecule has 12 heteroatoms. The van der Waals surface area contributed by atoms with E-state index in [0.29, 0.717) is 0 Å². The van der Waals surface area contributed by atoms with E-state index in [-0.39, 0.29) is 74.0 Å². The lowest BCUT2D eigenvalue weighted by molar-refractivity contribution is -0.128. The van der Waals surface area contributed by atoms with Crippen LogP contribution in [0.1, 0.15) is 57.6 Å². The van der Waals surface area contributed by atoms with E-state index in [1.165, 1.54) is 41.7 Å². The van der Waals surface area contributed by atoms with Gasteiger partial charge in [-0.25, -0.2) is 18.2 Å². The molecule has 3 aromatic rings. The second-order valence-electron chi connectivity index (χ2n) is 10.1. The smallest absolute Gasteiger partial charge is 0.251 e. The van der Waals surface area contributed by atoms with E-state index >= 15 is 0 Å². The number of anilines is 2. The van der Waals surface area contributed by atoms with Gasteiger partial charge in [-0.1, -0.05) is 43.3 Å². The summed E-state index contributed by atoms with van der Waals surface area (Å²) in [6.07, 6.45) is 3.69. The first-order valence-electron chi connectivity index (χ1n) is 13.2. The normalized spacial score (nSPS) is 19.1. The Morgan fingerprint density at radius 1 is 1.07 bits per heavy atom. The molecule has 1 saturated heterocycles. The number of rotatable bonds is 7. The number of carbonyl (C=O) groups is 3.